The Morgan fingerprint density at radius 3 is 2.67 bits per heavy atom. The molecule has 0 aliphatic carbocycles. The van der Waals surface area contributed by atoms with E-state index >= 15 is 0 Å². The summed E-state index contributed by atoms with van der Waals surface area (Å²) in [5, 5.41) is 0.888. The van der Waals surface area contributed by atoms with Crippen LogP contribution in [-0.4, -0.2) is 4.98 Å². The van der Waals surface area contributed by atoms with E-state index in [1.807, 2.05) is 42.5 Å². The van der Waals surface area contributed by atoms with Crippen molar-refractivity contribution in [2.24, 2.45) is 0 Å². The molecule has 3 heteroatoms. The fraction of sp³-hybridized carbons (Fsp3) is 0. The molecule has 0 radical (unpaired) electrons. The Morgan fingerprint density at radius 2 is 1.83 bits per heavy atom. The van der Waals surface area contributed by atoms with Crippen LogP contribution in [0.2, 0.25) is 0 Å². The quantitative estimate of drug-likeness (QED) is 0.652. The summed E-state index contributed by atoms with van der Waals surface area (Å²) in [7, 11) is 0. The first-order valence-electron chi connectivity index (χ1n) is 5.60. The first-order valence-corrected chi connectivity index (χ1v) is 6.42. The van der Waals surface area contributed by atoms with Crippen LogP contribution in [0.4, 0.5) is 4.39 Å². The first-order chi connectivity index (χ1) is 8.81. The van der Waals surface area contributed by atoms with E-state index < -0.39 is 0 Å². The van der Waals surface area contributed by atoms with Crippen LogP contribution in [0.25, 0.3) is 22.4 Å². The van der Waals surface area contributed by atoms with Crippen LogP contribution in [0, 0.1) is 5.82 Å². The Bertz CT molecular complexity index is 701. The number of hydrogen-bond acceptors (Lipinski definition) is 2. The van der Waals surface area contributed by atoms with E-state index in [9.17, 15) is 4.39 Å². The zero-order valence-corrected chi connectivity index (χ0v) is 10.3. The van der Waals surface area contributed by atoms with Gasteiger partial charge in [-0.2, -0.15) is 0 Å². The highest BCUT2D eigenvalue weighted by Gasteiger charge is 2.02. The lowest BCUT2D eigenvalue weighted by molar-refractivity contribution is 0.629. The van der Waals surface area contributed by atoms with Crippen molar-refractivity contribution in [1.82, 2.24) is 4.98 Å². The number of hydrogen-bond donors (Lipinski definition) is 0. The molecule has 3 rings (SSSR count). The van der Waals surface area contributed by atoms with Crippen LogP contribution in [0.5, 0.6) is 0 Å². The van der Waals surface area contributed by atoms with Gasteiger partial charge in [-0.3, -0.25) is 0 Å². The highest BCUT2D eigenvalue weighted by Crippen LogP contribution is 2.24. The van der Waals surface area contributed by atoms with Gasteiger partial charge in [0.15, 0.2) is 0 Å². The lowest BCUT2D eigenvalue weighted by Gasteiger charge is -1.89. The number of thiazole rings is 1. The minimum Gasteiger partial charge on any atom is -0.237 e. The molecule has 3 aromatic rings. The van der Waals surface area contributed by atoms with Gasteiger partial charge in [-0.05, 0) is 23.8 Å². The molecule has 1 aromatic heterocycles. The maximum absolute atomic E-state index is 13.0. The van der Waals surface area contributed by atoms with Crippen LogP contribution in [0.3, 0.4) is 0 Å². The van der Waals surface area contributed by atoms with Crippen LogP contribution in [0.15, 0.2) is 48.5 Å². The Kier molecular flexibility index (Phi) is 2.90. The molecule has 0 amide bonds. The second-order valence-electron chi connectivity index (χ2n) is 3.91. The molecule has 0 N–H and O–H groups in total. The zero-order chi connectivity index (χ0) is 12.4. The molecule has 18 heavy (non-hydrogen) atoms. The highest BCUT2D eigenvalue weighted by atomic mass is 32.1. The van der Waals surface area contributed by atoms with E-state index in [-0.39, 0.29) is 5.82 Å². The second-order valence-corrected chi connectivity index (χ2v) is 4.97. The molecule has 2 aromatic carbocycles. The SMILES string of the molecule is Fc1ccc2sc(C=Cc3ccccc3)nc2c1. The van der Waals surface area contributed by atoms with Gasteiger partial charge in [-0.1, -0.05) is 36.4 Å². The molecule has 0 saturated heterocycles. The summed E-state index contributed by atoms with van der Waals surface area (Å²) in [6, 6.07) is 14.7. The summed E-state index contributed by atoms with van der Waals surface area (Å²) < 4.78 is 14.0. The van der Waals surface area contributed by atoms with Gasteiger partial charge in [0, 0.05) is 6.07 Å². The van der Waals surface area contributed by atoms with Crippen molar-refractivity contribution in [2.45, 2.75) is 0 Å². The van der Waals surface area contributed by atoms with Crippen LogP contribution in [-0.2, 0) is 0 Å². The number of fused-ring (bicyclic) bond motifs is 1. The minimum absolute atomic E-state index is 0.244. The molecule has 0 aliphatic heterocycles. The van der Waals surface area contributed by atoms with E-state index in [2.05, 4.69) is 4.98 Å². The van der Waals surface area contributed by atoms with Crippen molar-refractivity contribution >= 4 is 33.7 Å². The third-order valence-corrected chi connectivity index (χ3v) is 3.59. The summed E-state index contributed by atoms with van der Waals surface area (Å²) >= 11 is 1.56. The van der Waals surface area contributed by atoms with Crippen LogP contribution >= 0.6 is 11.3 Å². The largest absolute Gasteiger partial charge is 0.237 e. The number of halogens is 1. The monoisotopic (exact) mass is 255 g/mol. The van der Waals surface area contributed by atoms with Crippen LogP contribution in [0.1, 0.15) is 10.6 Å². The topological polar surface area (TPSA) is 12.9 Å². The molecule has 1 nitrogen and oxygen atoms in total. The summed E-state index contributed by atoms with van der Waals surface area (Å²) in [6.45, 7) is 0. The van der Waals surface area contributed by atoms with Crippen molar-refractivity contribution < 1.29 is 4.39 Å². The molecule has 0 unspecified atom stereocenters. The Labute approximate surface area is 108 Å². The molecular formula is C15H10FNS. The van der Waals surface area contributed by atoms with E-state index in [0.29, 0.717) is 5.52 Å². The van der Waals surface area contributed by atoms with Gasteiger partial charge in [-0.15, -0.1) is 11.3 Å². The molecule has 0 spiro atoms. The molecule has 0 bridgehead atoms. The van der Waals surface area contributed by atoms with Crippen LogP contribution < -0.4 is 0 Å². The standard InChI is InChI=1S/C15H10FNS/c16-12-7-8-14-13(10-12)17-15(18-14)9-6-11-4-2-1-3-5-11/h1-10H. The Balaban J connectivity index is 1.93. The van der Waals surface area contributed by atoms with Crippen molar-refractivity contribution in [3.8, 4) is 0 Å². The number of nitrogens with zero attached hydrogens (tertiary/aromatic N) is 1. The predicted molar refractivity (Wildman–Crippen MR) is 74.9 cm³/mol. The fourth-order valence-electron chi connectivity index (χ4n) is 1.72. The van der Waals surface area contributed by atoms with Crippen molar-refractivity contribution in [2.75, 3.05) is 0 Å². The molecular weight excluding hydrogens is 245 g/mol. The molecule has 1 heterocycles. The molecule has 0 fully saturated rings. The number of benzene rings is 2. The van der Waals surface area contributed by atoms with Gasteiger partial charge in [-0.25, -0.2) is 9.37 Å². The van der Waals surface area contributed by atoms with E-state index in [1.54, 1.807) is 17.4 Å². The number of rotatable bonds is 2. The third kappa shape index (κ3) is 2.31. The fourth-order valence-corrected chi connectivity index (χ4v) is 2.57. The van der Waals surface area contributed by atoms with Gasteiger partial charge in [0.25, 0.3) is 0 Å². The van der Waals surface area contributed by atoms with Crippen molar-refractivity contribution in [3.63, 3.8) is 0 Å². The van der Waals surface area contributed by atoms with Gasteiger partial charge < -0.3 is 0 Å². The van der Waals surface area contributed by atoms with Crippen molar-refractivity contribution in [3.05, 3.63) is 64.9 Å². The maximum atomic E-state index is 13.0. The van der Waals surface area contributed by atoms with E-state index in [0.717, 1.165) is 15.3 Å². The summed E-state index contributed by atoms with van der Waals surface area (Å²) in [5.41, 5.74) is 1.84. The predicted octanol–water partition coefficient (Wildman–Crippen LogP) is 4.61. The minimum atomic E-state index is -0.244. The maximum Gasteiger partial charge on any atom is 0.125 e. The van der Waals surface area contributed by atoms with E-state index in [4.69, 9.17) is 0 Å². The number of aromatic nitrogens is 1. The summed E-state index contributed by atoms with van der Waals surface area (Å²) in [4.78, 5) is 4.38. The Morgan fingerprint density at radius 1 is 1.00 bits per heavy atom. The Hall–Kier alpha value is -2.00. The normalized spacial score (nSPS) is 11.4. The summed E-state index contributed by atoms with van der Waals surface area (Å²) in [5.74, 6) is -0.244. The third-order valence-electron chi connectivity index (χ3n) is 2.58. The molecule has 0 saturated carbocycles. The smallest absolute Gasteiger partial charge is 0.125 e. The van der Waals surface area contributed by atoms with E-state index in [1.165, 1.54) is 12.1 Å². The lowest BCUT2D eigenvalue weighted by atomic mass is 10.2. The zero-order valence-electron chi connectivity index (χ0n) is 9.51. The van der Waals surface area contributed by atoms with Gasteiger partial charge >= 0.3 is 0 Å². The molecule has 0 aliphatic rings. The second kappa shape index (κ2) is 4.70. The summed E-state index contributed by atoms with van der Waals surface area (Å²) in [6.07, 6.45) is 3.96. The molecule has 88 valence electrons. The lowest BCUT2D eigenvalue weighted by Crippen LogP contribution is -1.73. The van der Waals surface area contributed by atoms with Crippen molar-refractivity contribution in [1.29, 1.82) is 0 Å². The van der Waals surface area contributed by atoms with Gasteiger partial charge in [0.1, 0.15) is 10.8 Å². The average Bonchev–Trinajstić information content (AvgIpc) is 2.79. The van der Waals surface area contributed by atoms with Gasteiger partial charge in [0.2, 0.25) is 0 Å². The van der Waals surface area contributed by atoms with Gasteiger partial charge in [0.05, 0.1) is 10.2 Å². The highest BCUT2D eigenvalue weighted by molar-refractivity contribution is 7.19. The average molecular weight is 255 g/mol. The molecule has 0 atom stereocenters. The first kappa shape index (κ1) is 11.1.